The maximum absolute atomic E-state index is 14.6. The maximum atomic E-state index is 14.6. The van der Waals surface area contributed by atoms with Crippen molar-refractivity contribution in [3.8, 4) is 5.75 Å². The molecule has 1 aliphatic carbocycles. The highest BCUT2D eigenvalue weighted by molar-refractivity contribution is 7.52. The monoisotopic (exact) mass is 636 g/mol. The molecule has 0 bridgehead atoms. The third-order valence-corrected chi connectivity index (χ3v) is 9.01. The van der Waals surface area contributed by atoms with Gasteiger partial charge in [-0.25, -0.2) is 9.55 Å². The van der Waals surface area contributed by atoms with Gasteiger partial charge in [-0.2, -0.15) is 10.1 Å². The summed E-state index contributed by atoms with van der Waals surface area (Å²) >= 11 is 0. The van der Waals surface area contributed by atoms with E-state index in [2.05, 4.69) is 20.0 Å². The number of nitrogens with two attached hydrogens (primary N) is 1. The Morgan fingerprint density at radius 1 is 1.25 bits per heavy atom. The Morgan fingerprint density at radius 3 is 2.66 bits per heavy atom. The summed E-state index contributed by atoms with van der Waals surface area (Å²) in [5.74, 6) is -2.45. The van der Waals surface area contributed by atoms with Crippen molar-refractivity contribution in [1.29, 1.82) is 0 Å². The molecule has 1 aromatic carbocycles. The van der Waals surface area contributed by atoms with Crippen LogP contribution in [0.15, 0.2) is 41.5 Å². The highest BCUT2D eigenvalue weighted by Crippen LogP contribution is 2.47. The lowest BCUT2D eigenvalue weighted by Gasteiger charge is -2.25. The summed E-state index contributed by atoms with van der Waals surface area (Å²) in [4.78, 5) is 47.6. The van der Waals surface area contributed by atoms with E-state index in [-0.39, 0.29) is 29.0 Å². The number of nitrogens with zero attached hydrogens (tertiary/aromatic N) is 3. The molecule has 238 valence electrons. The molecule has 1 unspecified atom stereocenters. The molecule has 2 aromatic heterocycles. The Morgan fingerprint density at radius 2 is 1.98 bits per heavy atom. The summed E-state index contributed by atoms with van der Waals surface area (Å²) in [6.45, 7) is 1.09. The van der Waals surface area contributed by atoms with Gasteiger partial charge in [-0.3, -0.25) is 32.8 Å². The third kappa shape index (κ3) is 7.09. The van der Waals surface area contributed by atoms with Gasteiger partial charge in [0, 0.05) is 6.92 Å². The number of aromatic nitrogens is 4. The predicted molar refractivity (Wildman–Crippen MR) is 153 cm³/mol. The van der Waals surface area contributed by atoms with E-state index in [1.807, 2.05) is 0 Å². The summed E-state index contributed by atoms with van der Waals surface area (Å²) in [7, 11) is -4.32. The van der Waals surface area contributed by atoms with Gasteiger partial charge in [-0.15, -0.1) is 0 Å². The van der Waals surface area contributed by atoms with Crippen LogP contribution in [0.1, 0.15) is 45.8 Å². The molecule has 0 amide bonds. The minimum Gasteiger partial charge on any atom is -0.461 e. The number of esters is 2. The van der Waals surface area contributed by atoms with Gasteiger partial charge in [0.15, 0.2) is 23.5 Å². The van der Waals surface area contributed by atoms with Crippen LogP contribution in [0.4, 0.5) is 10.3 Å². The van der Waals surface area contributed by atoms with Crippen LogP contribution in [0.25, 0.3) is 11.2 Å². The van der Waals surface area contributed by atoms with Crippen molar-refractivity contribution in [3.05, 3.63) is 47.0 Å². The van der Waals surface area contributed by atoms with Crippen LogP contribution in [0, 0.1) is 5.92 Å². The lowest BCUT2D eigenvalue weighted by Crippen LogP contribution is -2.38. The molecule has 1 saturated heterocycles. The van der Waals surface area contributed by atoms with Crippen LogP contribution in [0.3, 0.4) is 0 Å². The molecule has 4 N–H and O–H groups in total. The van der Waals surface area contributed by atoms with Crippen molar-refractivity contribution in [2.24, 2.45) is 5.92 Å². The van der Waals surface area contributed by atoms with Gasteiger partial charge < -0.3 is 24.5 Å². The number of anilines is 1. The van der Waals surface area contributed by atoms with Gasteiger partial charge >= 0.3 is 19.7 Å². The highest BCUT2D eigenvalue weighted by atomic mass is 31.2. The Hall–Kier alpha value is -3.85. The number of fused-ring (bicyclic) bond motifs is 1. The molecule has 3 heterocycles. The molecule has 2 aliphatic rings. The molecule has 2 fully saturated rings. The number of nitrogens with one attached hydrogen (secondary N) is 2. The first kappa shape index (κ1) is 31.6. The minimum atomic E-state index is -4.32. The number of hydrogen-bond donors (Lipinski definition) is 3. The number of rotatable bonds is 12. The first-order valence-electron chi connectivity index (χ1n) is 14.2. The van der Waals surface area contributed by atoms with E-state index in [0.717, 1.165) is 32.6 Å². The van der Waals surface area contributed by atoms with Crippen molar-refractivity contribution < 1.29 is 41.8 Å². The Labute approximate surface area is 251 Å². The summed E-state index contributed by atoms with van der Waals surface area (Å²) in [5.41, 5.74) is 5.05. The second-order valence-corrected chi connectivity index (χ2v) is 12.3. The molecule has 15 nitrogen and oxygen atoms in total. The zero-order valence-corrected chi connectivity index (χ0v) is 25.0. The lowest BCUT2D eigenvalue weighted by molar-refractivity contribution is -0.154. The van der Waals surface area contributed by atoms with Gasteiger partial charge in [0.2, 0.25) is 5.95 Å². The number of imidazole rings is 1. The SMILES string of the molecule is CC(=O)O[C@@H]1[C@H](CF)[C@@H](COP(=O)(N[C@H](C)C(=O)OC2CCCC2)Oc2ccccc2)O[C@H]1n1cnc2c(=O)[nH]c(N)nc21. The van der Waals surface area contributed by atoms with Crippen LogP contribution >= 0.6 is 7.75 Å². The Balaban J connectivity index is 1.38. The smallest absolute Gasteiger partial charge is 0.459 e. The fraction of sp³-hybridized carbons (Fsp3) is 0.519. The molecule has 5 rings (SSSR count). The van der Waals surface area contributed by atoms with E-state index in [4.69, 9.17) is 29.0 Å². The topological polar surface area (TPSA) is 199 Å². The number of alkyl halides is 1. The van der Waals surface area contributed by atoms with E-state index in [0.29, 0.717) is 0 Å². The summed E-state index contributed by atoms with van der Waals surface area (Å²) < 4.78 is 58.4. The standard InChI is InChI=1S/C27H34FN6O9P/c1-15(26(37)41-17-8-6-7-9-17)33-44(38,43-18-10-4-3-5-11-18)39-13-20-19(12-28)22(40-16(2)35)25(42-20)34-14-30-21-23(34)31-27(29)32-24(21)36/h3-5,10-11,14-15,17,19-20,22,25H,6-9,12-13H2,1-2H3,(H,33,38)(H3,29,31,32,36)/t15-,19-,20-,22-,25-,44?/m1/s1. The largest absolute Gasteiger partial charge is 0.461 e. The quantitative estimate of drug-likeness (QED) is 0.194. The number of nitrogen functional groups attached to an aromatic ring is 1. The maximum Gasteiger partial charge on any atom is 0.459 e. The van der Waals surface area contributed by atoms with Crippen LogP contribution in [0.2, 0.25) is 0 Å². The lowest BCUT2D eigenvalue weighted by atomic mass is 10.00. The number of benzene rings is 1. The molecule has 6 atom stereocenters. The summed E-state index contributed by atoms with van der Waals surface area (Å²) in [5, 5.41) is 2.62. The van der Waals surface area contributed by atoms with Crippen molar-refractivity contribution >= 4 is 36.8 Å². The molecule has 1 aliphatic heterocycles. The molecule has 0 radical (unpaired) electrons. The number of carbonyl (C=O) groups excluding carboxylic acids is 2. The predicted octanol–water partition coefficient (Wildman–Crippen LogP) is 2.78. The first-order chi connectivity index (χ1) is 21.1. The molecule has 0 spiro atoms. The van der Waals surface area contributed by atoms with Crippen LogP contribution in [-0.4, -0.2) is 69.1 Å². The van der Waals surface area contributed by atoms with E-state index >= 15 is 0 Å². The Bertz CT molecular complexity index is 1580. The molecule has 44 heavy (non-hydrogen) atoms. The fourth-order valence-corrected chi connectivity index (χ4v) is 6.77. The van der Waals surface area contributed by atoms with Gasteiger partial charge in [-0.05, 0) is 44.7 Å². The molecular formula is C27H34FN6O9P. The average Bonchev–Trinajstić information content (AvgIpc) is 3.71. The normalized spacial score (nSPS) is 24.2. The number of carbonyl (C=O) groups is 2. The van der Waals surface area contributed by atoms with Gasteiger partial charge in [-0.1, -0.05) is 18.2 Å². The second-order valence-electron chi connectivity index (χ2n) is 10.6. The van der Waals surface area contributed by atoms with Crippen molar-refractivity contribution in [3.63, 3.8) is 0 Å². The molecule has 17 heteroatoms. The fourth-order valence-electron chi connectivity index (χ4n) is 5.26. The van der Waals surface area contributed by atoms with Gasteiger partial charge in [0.25, 0.3) is 5.56 Å². The van der Waals surface area contributed by atoms with Crippen LogP contribution in [-0.2, 0) is 32.9 Å². The number of ether oxygens (including phenoxy) is 3. The summed E-state index contributed by atoms with van der Waals surface area (Å²) in [6, 6.07) is 7.07. The van der Waals surface area contributed by atoms with Crippen molar-refractivity contribution in [2.45, 2.75) is 70.1 Å². The average molecular weight is 637 g/mol. The van der Waals surface area contributed by atoms with Gasteiger partial charge in [0.05, 0.1) is 31.6 Å². The first-order valence-corrected chi connectivity index (χ1v) is 15.7. The van der Waals surface area contributed by atoms with Crippen molar-refractivity contribution in [2.75, 3.05) is 19.0 Å². The Kier molecular flexibility index (Phi) is 9.63. The number of halogens is 1. The van der Waals surface area contributed by atoms with Gasteiger partial charge in [0.1, 0.15) is 17.9 Å². The number of para-hydroxylation sites is 1. The highest BCUT2D eigenvalue weighted by Gasteiger charge is 2.49. The number of H-pyrrole nitrogens is 1. The van der Waals surface area contributed by atoms with E-state index in [1.54, 1.807) is 30.3 Å². The summed E-state index contributed by atoms with van der Waals surface area (Å²) in [6.07, 6.45) is 0.890. The van der Waals surface area contributed by atoms with E-state index in [9.17, 15) is 23.3 Å². The van der Waals surface area contributed by atoms with Crippen LogP contribution < -0.4 is 20.9 Å². The molecular weight excluding hydrogens is 602 g/mol. The zero-order valence-electron chi connectivity index (χ0n) is 24.1. The van der Waals surface area contributed by atoms with E-state index < -0.39 is 68.9 Å². The zero-order chi connectivity index (χ0) is 31.4. The number of hydrogen-bond acceptors (Lipinski definition) is 12. The molecule has 1 saturated carbocycles. The van der Waals surface area contributed by atoms with Crippen molar-refractivity contribution in [1.82, 2.24) is 24.6 Å². The minimum absolute atomic E-state index is 0.0157. The second kappa shape index (κ2) is 13.4. The molecule has 3 aromatic rings. The van der Waals surface area contributed by atoms with E-state index in [1.165, 1.54) is 17.8 Å². The third-order valence-electron chi connectivity index (χ3n) is 7.37. The number of aromatic amines is 1. The van der Waals surface area contributed by atoms with Crippen LogP contribution in [0.5, 0.6) is 5.75 Å².